The molecule has 1 aliphatic rings. The molecule has 4 nitrogen and oxygen atoms in total. The van der Waals surface area contributed by atoms with Gasteiger partial charge in [0.2, 0.25) is 0 Å². The molecule has 86 valence electrons. The molecular weight excluding hydrogens is 280 g/mol. The highest BCUT2D eigenvalue weighted by molar-refractivity contribution is 9.10. The first kappa shape index (κ1) is 10.8. The molecule has 0 saturated carbocycles. The lowest BCUT2D eigenvalue weighted by Crippen LogP contribution is -2.24. The second-order valence-electron chi connectivity index (χ2n) is 3.98. The normalized spacial score (nSPS) is 14.4. The van der Waals surface area contributed by atoms with Gasteiger partial charge < -0.3 is 5.32 Å². The van der Waals surface area contributed by atoms with Gasteiger partial charge in [0, 0.05) is 53.7 Å². The van der Waals surface area contributed by atoms with E-state index in [0.717, 1.165) is 41.1 Å². The van der Waals surface area contributed by atoms with Crippen molar-refractivity contribution < 1.29 is 0 Å². The van der Waals surface area contributed by atoms with Gasteiger partial charge in [-0.2, -0.15) is 0 Å². The maximum Gasteiger partial charge on any atom is 0.160 e. The second kappa shape index (κ2) is 4.50. The van der Waals surface area contributed by atoms with Crippen LogP contribution in [0.15, 0.2) is 29.1 Å². The van der Waals surface area contributed by atoms with Crippen molar-refractivity contribution in [2.24, 2.45) is 0 Å². The molecule has 0 atom stereocenters. The van der Waals surface area contributed by atoms with Crippen LogP contribution in [0.1, 0.15) is 11.3 Å². The van der Waals surface area contributed by atoms with Crippen molar-refractivity contribution in [3.63, 3.8) is 0 Å². The standard InChI is InChI=1S/C12H11BrN4/c13-10-3-8(4-15-7-10)12-16-6-9-5-14-2-1-11(9)17-12/h3-4,6-7,14H,1-2,5H2. The fourth-order valence-corrected chi connectivity index (χ4v) is 2.27. The molecule has 2 aromatic rings. The first-order valence-corrected chi connectivity index (χ1v) is 6.28. The van der Waals surface area contributed by atoms with E-state index < -0.39 is 0 Å². The zero-order valence-electron chi connectivity index (χ0n) is 9.15. The predicted molar refractivity (Wildman–Crippen MR) is 68.4 cm³/mol. The van der Waals surface area contributed by atoms with Crippen molar-refractivity contribution >= 4 is 15.9 Å². The molecule has 17 heavy (non-hydrogen) atoms. The average Bonchev–Trinajstić information content (AvgIpc) is 2.38. The zero-order valence-corrected chi connectivity index (χ0v) is 10.7. The fourth-order valence-electron chi connectivity index (χ4n) is 1.91. The molecule has 1 N–H and O–H groups in total. The van der Waals surface area contributed by atoms with Crippen LogP contribution in [0.25, 0.3) is 11.4 Å². The zero-order chi connectivity index (χ0) is 11.7. The number of pyridine rings is 1. The molecule has 2 aromatic heterocycles. The Morgan fingerprint density at radius 2 is 2.18 bits per heavy atom. The highest BCUT2D eigenvalue weighted by Gasteiger charge is 2.12. The minimum Gasteiger partial charge on any atom is -0.312 e. The topological polar surface area (TPSA) is 50.7 Å². The summed E-state index contributed by atoms with van der Waals surface area (Å²) in [5.41, 5.74) is 3.29. The van der Waals surface area contributed by atoms with Crippen molar-refractivity contribution in [2.45, 2.75) is 13.0 Å². The van der Waals surface area contributed by atoms with Gasteiger partial charge in [0.1, 0.15) is 0 Å². The van der Waals surface area contributed by atoms with E-state index in [1.807, 2.05) is 12.3 Å². The van der Waals surface area contributed by atoms with E-state index in [2.05, 4.69) is 36.2 Å². The van der Waals surface area contributed by atoms with Crippen LogP contribution >= 0.6 is 15.9 Å². The third kappa shape index (κ3) is 2.21. The summed E-state index contributed by atoms with van der Waals surface area (Å²) in [5.74, 6) is 0.749. The Bertz CT molecular complexity index is 556. The van der Waals surface area contributed by atoms with Crippen molar-refractivity contribution in [3.8, 4) is 11.4 Å². The first-order chi connectivity index (χ1) is 8.33. The van der Waals surface area contributed by atoms with Crippen LogP contribution in [0.5, 0.6) is 0 Å². The molecule has 0 aliphatic carbocycles. The van der Waals surface area contributed by atoms with E-state index in [0.29, 0.717) is 0 Å². The number of aromatic nitrogens is 3. The Morgan fingerprint density at radius 3 is 3.06 bits per heavy atom. The summed E-state index contributed by atoms with van der Waals surface area (Å²) in [4.78, 5) is 13.1. The molecule has 1 aliphatic heterocycles. The van der Waals surface area contributed by atoms with Crippen LogP contribution in [0.3, 0.4) is 0 Å². The summed E-state index contributed by atoms with van der Waals surface area (Å²) in [6.45, 7) is 1.85. The number of fused-ring (bicyclic) bond motifs is 1. The summed E-state index contributed by atoms with van der Waals surface area (Å²) in [7, 11) is 0. The number of hydrogen-bond acceptors (Lipinski definition) is 4. The summed E-state index contributed by atoms with van der Waals surface area (Å²) in [5, 5.41) is 3.31. The predicted octanol–water partition coefficient (Wildman–Crippen LogP) is 1.95. The largest absolute Gasteiger partial charge is 0.312 e. The second-order valence-corrected chi connectivity index (χ2v) is 4.90. The highest BCUT2D eigenvalue weighted by atomic mass is 79.9. The summed E-state index contributed by atoms with van der Waals surface area (Å²) < 4.78 is 0.943. The molecule has 3 rings (SSSR count). The lowest BCUT2D eigenvalue weighted by atomic mass is 10.1. The van der Waals surface area contributed by atoms with Crippen molar-refractivity contribution in [2.75, 3.05) is 6.54 Å². The monoisotopic (exact) mass is 290 g/mol. The fraction of sp³-hybridized carbons (Fsp3) is 0.250. The van der Waals surface area contributed by atoms with Crippen LogP contribution in [-0.2, 0) is 13.0 Å². The van der Waals surface area contributed by atoms with Crippen LogP contribution < -0.4 is 5.32 Å². The van der Waals surface area contributed by atoms with E-state index >= 15 is 0 Å². The van der Waals surface area contributed by atoms with Crippen LogP contribution in [0, 0.1) is 0 Å². The average molecular weight is 291 g/mol. The molecule has 0 amide bonds. The number of nitrogens with one attached hydrogen (secondary N) is 1. The van der Waals surface area contributed by atoms with Gasteiger partial charge in [0.15, 0.2) is 5.82 Å². The van der Waals surface area contributed by atoms with Gasteiger partial charge >= 0.3 is 0 Å². The number of rotatable bonds is 1. The molecule has 0 aromatic carbocycles. The summed E-state index contributed by atoms with van der Waals surface area (Å²) in [6, 6.07) is 1.98. The van der Waals surface area contributed by atoms with Crippen LogP contribution in [-0.4, -0.2) is 21.5 Å². The Morgan fingerprint density at radius 1 is 1.24 bits per heavy atom. The molecule has 0 saturated heterocycles. The molecule has 5 heteroatoms. The van der Waals surface area contributed by atoms with Gasteiger partial charge in [-0.1, -0.05) is 0 Å². The van der Waals surface area contributed by atoms with Crippen molar-refractivity contribution in [1.29, 1.82) is 0 Å². The minimum absolute atomic E-state index is 0.749. The third-order valence-electron chi connectivity index (χ3n) is 2.77. The summed E-state index contributed by atoms with van der Waals surface area (Å²) >= 11 is 3.41. The van der Waals surface area contributed by atoms with Crippen molar-refractivity contribution in [3.05, 3.63) is 40.4 Å². The van der Waals surface area contributed by atoms with Gasteiger partial charge in [-0.3, -0.25) is 4.98 Å². The number of halogens is 1. The quantitative estimate of drug-likeness (QED) is 0.872. The Hall–Kier alpha value is -1.33. The maximum absolute atomic E-state index is 4.61. The van der Waals surface area contributed by atoms with Gasteiger partial charge in [-0.05, 0) is 22.0 Å². The van der Waals surface area contributed by atoms with Gasteiger partial charge in [-0.25, -0.2) is 9.97 Å². The Kier molecular flexibility index (Phi) is 2.86. The smallest absolute Gasteiger partial charge is 0.160 e. The van der Waals surface area contributed by atoms with Crippen LogP contribution in [0.2, 0.25) is 0 Å². The van der Waals surface area contributed by atoms with E-state index in [9.17, 15) is 0 Å². The number of nitrogens with zero attached hydrogens (tertiary/aromatic N) is 3. The SMILES string of the molecule is Brc1cncc(-c2ncc3c(n2)CCNC3)c1. The van der Waals surface area contributed by atoms with Gasteiger partial charge in [-0.15, -0.1) is 0 Å². The molecule has 0 radical (unpaired) electrons. The van der Waals surface area contributed by atoms with E-state index in [1.54, 1.807) is 12.4 Å². The van der Waals surface area contributed by atoms with Gasteiger partial charge in [0.05, 0.1) is 5.69 Å². The van der Waals surface area contributed by atoms with E-state index in [4.69, 9.17) is 0 Å². The minimum atomic E-state index is 0.749. The summed E-state index contributed by atoms with van der Waals surface area (Å²) in [6.07, 6.45) is 6.41. The lowest BCUT2D eigenvalue weighted by Gasteiger charge is -2.15. The van der Waals surface area contributed by atoms with Crippen LogP contribution in [0.4, 0.5) is 0 Å². The number of hydrogen-bond donors (Lipinski definition) is 1. The highest BCUT2D eigenvalue weighted by Crippen LogP contribution is 2.20. The molecule has 0 fully saturated rings. The molecule has 0 spiro atoms. The maximum atomic E-state index is 4.61. The molecular formula is C12H11BrN4. The molecule has 0 bridgehead atoms. The van der Waals surface area contributed by atoms with E-state index in [-0.39, 0.29) is 0 Å². The van der Waals surface area contributed by atoms with Gasteiger partial charge in [0.25, 0.3) is 0 Å². The lowest BCUT2D eigenvalue weighted by molar-refractivity contribution is 0.626. The third-order valence-corrected chi connectivity index (χ3v) is 3.20. The first-order valence-electron chi connectivity index (χ1n) is 5.49. The Balaban J connectivity index is 2.04. The molecule has 3 heterocycles. The molecule has 0 unspecified atom stereocenters. The van der Waals surface area contributed by atoms with E-state index in [1.165, 1.54) is 5.56 Å². The Labute approximate surface area is 108 Å². The van der Waals surface area contributed by atoms with Crippen molar-refractivity contribution in [1.82, 2.24) is 20.3 Å².